The quantitative estimate of drug-likeness (QED) is 0.810. The number of sulfone groups is 1. The molecule has 0 aromatic heterocycles. The highest BCUT2D eigenvalue weighted by Gasteiger charge is 2.15. The van der Waals surface area contributed by atoms with Gasteiger partial charge in [0.2, 0.25) is 0 Å². The van der Waals surface area contributed by atoms with Crippen molar-refractivity contribution in [2.75, 3.05) is 12.3 Å². The maximum Gasteiger partial charge on any atom is 0.155 e. The molecule has 0 radical (unpaired) electrons. The first-order chi connectivity index (χ1) is 8.03. The lowest BCUT2D eigenvalue weighted by Crippen LogP contribution is -2.33. The van der Waals surface area contributed by atoms with E-state index in [-0.39, 0.29) is 17.5 Å². The third-order valence-electron chi connectivity index (χ3n) is 2.48. The Hall–Kier alpha value is -0.870. The highest BCUT2D eigenvalue weighted by molar-refractivity contribution is 7.90. The molecule has 0 aliphatic heterocycles. The lowest BCUT2D eigenvalue weighted by Gasteiger charge is -2.13. The minimum atomic E-state index is -3.03. The Morgan fingerprint density at radius 2 is 1.88 bits per heavy atom. The van der Waals surface area contributed by atoms with E-state index < -0.39 is 9.84 Å². The van der Waals surface area contributed by atoms with E-state index in [2.05, 4.69) is 12.2 Å². The van der Waals surface area contributed by atoms with Gasteiger partial charge in [0.15, 0.2) is 9.84 Å². The molecule has 0 aliphatic rings. The average Bonchev–Trinajstić information content (AvgIpc) is 2.26. The van der Waals surface area contributed by atoms with E-state index in [9.17, 15) is 8.42 Å². The zero-order valence-corrected chi connectivity index (χ0v) is 11.3. The molecule has 0 aliphatic carbocycles. The van der Waals surface area contributed by atoms with Gasteiger partial charge in [0.25, 0.3) is 0 Å². The number of hydrogen-bond donors (Lipinski definition) is 1. The highest BCUT2D eigenvalue weighted by Crippen LogP contribution is 2.07. The summed E-state index contributed by atoms with van der Waals surface area (Å²) in [6.45, 7) is 4.85. The lowest BCUT2D eigenvalue weighted by molar-refractivity contribution is 0.554. The number of rotatable bonds is 7. The van der Waals surface area contributed by atoms with Crippen LogP contribution in [0.5, 0.6) is 0 Å². The Bertz CT molecular complexity index is 414. The van der Waals surface area contributed by atoms with Crippen LogP contribution in [0.4, 0.5) is 0 Å². The van der Waals surface area contributed by atoms with Crippen molar-refractivity contribution in [3.63, 3.8) is 0 Å². The normalized spacial score (nSPS) is 13.5. The Kier molecular flexibility index (Phi) is 5.65. The summed E-state index contributed by atoms with van der Waals surface area (Å²) in [6.07, 6.45) is 1.02. The largest absolute Gasteiger partial charge is 0.313 e. The Morgan fingerprint density at radius 3 is 2.47 bits per heavy atom. The zero-order valence-electron chi connectivity index (χ0n) is 10.5. The molecule has 3 nitrogen and oxygen atoms in total. The van der Waals surface area contributed by atoms with Crippen LogP contribution in [0.3, 0.4) is 0 Å². The van der Waals surface area contributed by atoms with E-state index in [1.807, 2.05) is 37.3 Å². The van der Waals surface area contributed by atoms with Gasteiger partial charge in [0.05, 0.1) is 11.5 Å². The molecule has 1 aromatic rings. The smallest absolute Gasteiger partial charge is 0.155 e. The first-order valence-corrected chi connectivity index (χ1v) is 7.83. The molecule has 17 heavy (non-hydrogen) atoms. The topological polar surface area (TPSA) is 46.2 Å². The molecule has 0 saturated heterocycles. The predicted molar refractivity (Wildman–Crippen MR) is 71.7 cm³/mol. The van der Waals surface area contributed by atoms with Gasteiger partial charge in [-0.15, -0.1) is 0 Å². The van der Waals surface area contributed by atoms with E-state index in [1.165, 1.54) is 0 Å². The lowest BCUT2D eigenvalue weighted by atomic mass is 10.2. The van der Waals surface area contributed by atoms with Crippen molar-refractivity contribution >= 4 is 9.84 Å². The second kappa shape index (κ2) is 6.77. The second-order valence-electron chi connectivity index (χ2n) is 4.40. The fraction of sp³-hybridized carbons (Fsp3) is 0.538. The van der Waals surface area contributed by atoms with Gasteiger partial charge < -0.3 is 5.32 Å². The molecule has 1 unspecified atom stereocenters. The number of benzene rings is 1. The van der Waals surface area contributed by atoms with Crippen molar-refractivity contribution < 1.29 is 8.42 Å². The minimum Gasteiger partial charge on any atom is -0.313 e. The maximum absolute atomic E-state index is 11.9. The fourth-order valence-corrected chi connectivity index (χ4v) is 3.42. The van der Waals surface area contributed by atoms with Gasteiger partial charge in [-0.3, -0.25) is 0 Å². The van der Waals surface area contributed by atoms with Crippen LogP contribution in [0.25, 0.3) is 0 Å². The van der Waals surface area contributed by atoms with Gasteiger partial charge >= 0.3 is 0 Å². The monoisotopic (exact) mass is 255 g/mol. The summed E-state index contributed by atoms with van der Waals surface area (Å²) in [6, 6.07) is 9.33. The van der Waals surface area contributed by atoms with Gasteiger partial charge in [-0.25, -0.2) is 8.42 Å². The molecule has 0 spiro atoms. The van der Waals surface area contributed by atoms with Crippen LogP contribution in [-0.2, 0) is 15.6 Å². The third kappa shape index (κ3) is 5.84. The summed E-state index contributed by atoms with van der Waals surface area (Å²) in [4.78, 5) is 0. The standard InChI is InChI=1S/C13H21NO2S/c1-3-9-14-12(2)10-17(15,16)11-13-7-5-4-6-8-13/h4-8,12,14H,3,9-11H2,1-2H3. The van der Waals surface area contributed by atoms with Crippen LogP contribution in [0.1, 0.15) is 25.8 Å². The van der Waals surface area contributed by atoms with Gasteiger partial charge in [0.1, 0.15) is 0 Å². The maximum atomic E-state index is 11.9. The molecule has 1 aromatic carbocycles. The van der Waals surface area contributed by atoms with Crippen molar-refractivity contribution in [1.29, 1.82) is 0 Å². The SMILES string of the molecule is CCCNC(C)CS(=O)(=O)Cc1ccccc1. The van der Waals surface area contributed by atoms with Crippen molar-refractivity contribution in [2.45, 2.75) is 32.1 Å². The molecule has 96 valence electrons. The predicted octanol–water partition coefficient (Wildman–Crippen LogP) is 1.99. The third-order valence-corrected chi connectivity index (χ3v) is 4.26. The zero-order chi connectivity index (χ0) is 12.7. The van der Waals surface area contributed by atoms with Crippen LogP contribution in [-0.4, -0.2) is 26.8 Å². The molecule has 0 amide bonds. The van der Waals surface area contributed by atoms with E-state index in [0.717, 1.165) is 18.5 Å². The minimum absolute atomic E-state index is 0.0173. The first kappa shape index (κ1) is 14.2. The van der Waals surface area contributed by atoms with E-state index in [1.54, 1.807) is 0 Å². The van der Waals surface area contributed by atoms with Crippen LogP contribution in [0, 0.1) is 0 Å². The average molecular weight is 255 g/mol. The van der Waals surface area contributed by atoms with Gasteiger partial charge in [-0.2, -0.15) is 0 Å². The molecule has 0 heterocycles. The summed E-state index contributed by atoms with van der Waals surface area (Å²) in [5, 5.41) is 3.20. The summed E-state index contributed by atoms with van der Waals surface area (Å²) in [5.74, 6) is 0.327. The second-order valence-corrected chi connectivity index (χ2v) is 6.50. The molecule has 0 saturated carbocycles. The fourth-order valence-electron chi connectivity index (χ4n) is 1.72. The first-order valence-electron chi connectivity index (χ1n) is 6.01. The van der Waals surface area contributed by atoms with Gasteiger partial charge in [0, 0.05) is 6.04 Å². The number of hydrogen-bond acceptors (Lipinski definition) is 3. The van der Waals surface area contributed by atoms with Crippen LogP contribution >= 0.6 is 0 Å². The van der Waals surface area contributed by atoms with E-state index in [4.69, 9.17) is 0 Å². The highest BCUT2D eigenvalue weighted by atomic mass is 32.2. The van der Waals surface area contributed by atoms with Crippen molar-refractivity contribution in [1.82, 2.24) is 5.32 Å². The Morgan fingerprint density at radius 1 is 1.24 bits per heavy atom. The van der Waals surface area contributed by atoms with Gasteiger partial charge in [-0.05, 0) is 25.5 Å². The van der Waals surface area contributed by atoms with Crippen molar-refractivity contribution in [3.05, 3.63) is 35.9 Å². The molecule has 0 bridgehead atoms. The molecule has 1 atom stereocenters. The number of nitrogens with one attached hydrogen (secondary N) is 1. The summed E-state index contributed by atoms with van der Waals surface area (Å²) in [5.41, 5.74) is 0.857. The molecular formula is C13H21NO2S. The van der Waals surface area contributed by atoms with Gasteiger partial charge in [-0.1, -0.05) is 37.3 Å². The molecular weight excluding hydrogens is 234 g/mol. The van der Waals surface area contributed by atoms with E-state index in [0.29, 0.717) is 0 Å². The summed E-state index contributed by atoms with van der Waals surface area (Å²) in [7, 11) is -3.03. The Balaban J connectivity index is 2.52. The summed E-state index contributed by atoms with van der Waals surface area (Å²) < 4.78 is 23.9. The van der Waals surface area contributed by atoms with Crippen LogP contribution in [0.2, 0.25) is 0 Å². The molecule has 0 fully saturated rings. The Labute approximate surface area is 104 Å². The summed E-state index contributed by atoms with van der Waals surface area (Å²) >= 11 is 0. The van der Waals surface area contributed by atoms with Crippen molar-refractivity contribution in [2.24, 2.45) is 0 Å². The van der Waals surface area contributed by atoms with Crippen LogP contribution < -0.4 is 5.32 Å². The van der Waals surface area contributed by atoms with E-state index >= 15 is 0 Å². The van der Waals surface area contributed by atoms with Crippen molar-refractivity contribution in [3.8, 4) is 0 Å². The molecule has 4 heteroatoms. The molecule has 1 N–H and O–H groups in total. The molecule has 1 rings (SSSR count). The van der Waals surface area contributed by atoms with Crippen LogP contribution in [0.15, 0.2) is 30.3 Å².